The van der Waals surface area contributed by atoms with E-state index in [0.717, 1.165) is 0 Å². The Bertz CT molecular complexity index is 579. The van der Waals surface area contributed by atoms with E-state index in [1.165, 1.54) is 6.07 Å². The molecule has 0 saturated heterocycles. The predicted octanol–water partition coefficient (Wildman–Crippen LogP) is 2.21. The highest BCUT2D eigenvalue weighted by Gasteiger charge is 2.15. The first-order valence-corrected chi connectivity index (χ1v) is 5.34. The SMILES string of the molecule is Cc1ccc([N+](=O)[O-])c(NCc2cc(C)on2)n1. The molecule has 0 radical (unpaired) electrons. The number of pyridine rings is 1. The van der Waals surface area contributed by atoms with Crippen LogP contribution in [0.15, 0.2) is 22.7 Å². The van der Waals surface area contributed by atoms with Gasteiger partial charge in [-0.05, 0) is 19.9 Å². The minimum Gasteiger partial charge on any atom is -0.361 e. The summed E-state index contributed by atoms with van der Waals surface area (Å²) in [6.45, 7) is 3.88. The molecule has 7 heteroatoms. The molecule has 0 aromatic carbocycles. The number of nitrogens with one attached hydrogen (secondary N) is 1. The van der Waals surface area contributed by atoms with Gasteiger partial charge >= 0.3 is 5.69 Å². The standard InChI is InChI=1S/C11H12N4O3/c1-7-3-4-10(15(16)17)11(13-7)12-6-9-5-8(2)18-14-9/h3-5H,6H2,1-2H3,(H,12,13). The largest absolute Gasteiger partial charge is 0.361 e. The lowest BCUT2D eigenvalue weighted by molar-refractivity contribution is -0.384. The Morgan fingerprint density at radius 2 is 2.22 bits per heavy atom. The van der Waals surface area contributed by atoms with Gasteiger partial charge in [0.15, 0.2) is 0 Å². The molecule has 1 N–H and O–H groups in total. The van der Waals surface area contributed by atoms with Crippen LogP contribution in [0.25, 0.3) is 0 Å². The van der Waals surface area contributed by atoms with Crippen molar-refractivity contribution in [3.63, 3.8) is 0 Å². The Labute approximate surface area is 103 Å². The van der Waals surface area contributed by atoms with Gasteiger partial charge < -0.3 is 9.84 Å². The van der Waals surface area contributed by atoms with E-state index in [1.54, 1.807) is 26.0 Å². The van der Waals surface area contributed by atoms with E-state index in [1.807, 2.05) is 0 Å². The van der Waals surface area contributed by atoms with Crippen molar-refractivity contribution in [2.45, 2.75) is 20.4 Å². The second-order valence-electron chi connectivity index (χ2n) is 3.86. The second kappa shape index (κ2) is 4.82. The quantitative estimate of drug-likeness (QED) is 0.658. The van der Waals surface area contributed by atoms with Crippen molar-refractivity contribution in [1.82, 2.24) is 10.1 Å². The van der Waals surface area contributed by atoms with Crippen molar-refractivity contribution in [3.05, 3.63) is 45.5 Å². The van der Waals surface area contributed by atoms with Crippen LogP contribution >= 0.6 is 0 Å². The summed E-state index contributed by atoms with van der Waals surface area (Å²) in [5.74, 6) is 0.930. The van der Waals surface area contributed by atoms with Crippen molar-refractivity contribution in [2.75, 3.05) is 5.32 Å². The Kier molecular flexibility index (Phi) is 3.22. The summed E-state index contributed by atoms with van der Waals surface area (Å²) in [5, 5.41) is 17.5. The van der Waals surface area contributed by atoms with Crippen molar-refractivity contribution in [1.29, 1.82) is 0 Å². The third-order valence-electron chi connectivity index (χ3n) is 2.32. The molecule has 0 aliphatic carbocycles. The summed E-state index contributed by atoms with van der Waals surface area (Å²) in [6.07, 6.45) is 0. The van der Waals surface area contributed by atoms with Gasteiger partial charge in [0, 0.05) is 17.8 Å². The van der Waals surface area contributed by atoms with Gasteiger partial charge in [0.05, 0.1) is 11.5 Å². The van der Waals surface area contributed by atoms with Gasteiger partial charge in [-0.3, -0.25) is 10.1 Å². The molecule has 0 aliphatic heterocycles. The smallest absolute Gasteiger partial charge is 0.311 e. The molecular weight excluding hydrogens is 236 g/mol. The van der Waals surface area contributed by atoms with Gasteiger partial charge in [0.1, 0.15) is 11.5 Å². The summed E-state index contributed by atoms with van der Waals surface area (Å²) in [7, 11) is 0. The molecule has 2 rings (SSSR count). The Morgan fingerprint density at radius 3 is 2.83 bits per heavy atom. The molecule has 0 saturated carbocycles. The van der Waals surface area contributed by atoms with Crippen LogP contribution in [0.5, 0.6) is 0 Å². The number of nitrogens with zero attached hydrogens (tertiary/aromatic N) is 3. The minimum absolute atomic E-state index is 0.0548. The van der Waals surface area contributed by atoms with E-state index in [0.29, 0.717) is 23.7 Å². The molecule has 2 aromatic rings. The van der Waals surface area contributed by atoms with Gasteiger partial charge in [-0.25, -0.2) is 4.98 Å². The third-order valence-corrected chi connectivity index (χ3v) is 2.32. The van der Waals surface area contributed by atoms with E-state index in [-0.39, 0.29) is 11.5 Å². The highest BCUT2D eigenvalue weighted by atomic mass is 16.6. The molecule has 0 aliphatic rings. The zero-order valence-electron chi connectivity index (χ0n) is 10.0. The molecule has 0 spiro atoms. The van der Waals surface area contributed by atoms with Crippen molar-refractivity contribution in [2.24, 2.45) is 0 Å². The maximum Gasteiger partial charge on any atom is 0.311 e. The molecule has 0 unspecified atom stereocenters. The average Bonchev–Trinajstić information content (AvgIpc) is 2.72. The van der Waals surface area contributed by atoms with Gasteiger partial charge in [0.2, 0.25) is 5.82 Å². The van der Waals surface area contributed by atoms with Gasteiger partial charge in [-0.15, -0.1) is 0 Å². The van der Waals surface area contributed by atoms with Crippen molar-refractivity contribution >= 4 is 11.5 Å². The molecule has 0 bridgehead atoms. The maximum atomic E-state index is 10.8. The molecule has 7 nitrogen and oxygen atoms in total. The first kappa shape index (κ1) is 12.0. The predicted molar refractivity (Wildman–Crippen MR) is 64.2 cm³/mol. The fourth-order valence-corrected chi connectivity index (χ4v) is 1.50. The third kappa shape index (κ3) is 2.62. The van der Waals surface area contributed by atoms with E-state index in [2.05, 4.69) is 15.5 Å². The summed E-state index contributed by atoms with van der Waals surface area (Å²) in [6, 6.07) is 4.79. The van der Waals surface area contributed by atoms with E-state index >= 15 is 0 Å². The minimum atomic E-state index is -0.469. The van der Waals surface area contributed by atoms with E-state index in [9.17, 15) is 10.1 Å². The lowest BCUT2D eigenvalue weighted by Crippen LogP contribution is -2.05. The molecule has 2 aromatic heterocycles. The second-order valence-corrected chi connectivity index (χ2v) is 3.86. The number of hydrogen-bond acceptors (Lipinski definition) is 6. The summed E-state index contributed by atoms with van der Waals surface area (Å²) in [5.41, 5.74) is 1.32. The molecule has 2 heterocycles. The zero-order valence-corrected chi connectivity index (χ0v) is 10.0. The fraction of sp³-hybridized carbons (Fsp3) is 0.273. The number of nitro groups is 1. The van der Waals surface area contributed by atoms with Crippen molar-refractivity contribution in [3.8, 4) is 0 Å². The monoisotopic (exact) mass is 248 g/mol. The molecule has 0 amide bonds. The van der Waals surface area contributed by atoms with Crippen LogP contribution in [0.2, 0.25) is 0 Å². The van der Waals surface area contributed by atoms with Crippen LogP contribution in [0.1, 0.15) is 17.1 Å². The molecule has 18 heavy (non-hydrogen) atoms. The maximum absolute atomic E-state index is 10.8. The van der Waals surface area contributed by atoms with Gasteiger partial charge in [-0.2, -0.15) is 0 Å². The highest BCUT2D eigenvalue weighted by molar-refractivity contribution is 5.56. The van der Waals surface area contributed by atoms with Crippen LogP contribution in [0, 0.1) is 24.0 Å². The lowest BCUT2D eigenvalue weighted by Gasteiger charge is -2.04. The van der Waals surface area contributed by atoms with Crippen LogP contribution in [-0.4, -0.2) is 15.1 Å². The summed E-state index contributed by atoms with van der Waals surface area (Å²) < 4.78 is 4.91. The number of anilines is 1. The van der Waals surface area contributed by atoms with E-state index < -0.39 is 4.92 Å². The highest BCUT2D eigenvalue weighted by Crippen LogP contribution is 2.22. The van der Waals surface area contributed by atoms with Crippen LogP contribution in [-0.2, 0) is 6.54 Å². The van der Waals surface area contributed by atoms with Gasteiger partial charge in [-0.1, -0.05) is 5.16 Å². The number of aryl methyl sites for hydroxylation is 2. The number of hydrogen-bond donors (Lipinski definition) is 1. The summed E-state index contributed by atoms with van der Waals surface area (Å²) >= 11 is 0. The van der Waals surface area contributed by atoms with Crippen LogP contribution < -0.4 is 5.32 Å². The first-order valence-electron chi connectivity index (χ1n) is 5.34. The first-order chi connectivity index (χ1) is 8.56. The van der Waals surface area contributed by atoms with Crippen LogP contribution in [0.4, 0.5) is 11.5 Å². The molecule has 0 fully saturated rings. The fourth-order valence-electron chi connectivity index (χ4n) is 1.50. The Balaban J connectivity index is 2.17. The van der Waals surface area contributed by atoms with E-state index in [4.69, 9.17) is 4.52 Å². The molecular formula is C11H12N4O3. The van der Waals surface area contributed by atoms with Gasteiger partial charge in [0.25, 0.3) is 0 Å². The molecule has 0 atom stereocenters. The summed E-state index contributed by atoms with van der Waals surface area (Å²) in [4.78, 5) is 14.5. The molecule has 94 valence electrons. The zero-order chi connectivity index (χ0) is 13.1. The average molecular weight is 248 g/mol. The van der Waals surface area contributed by atoms with Crippen LogP contribution in [0.3, 0.4) is 0 Å². The Morgan fingerprint density at radius 1 is 1.44 bits per heavy atom. The van der Waals surface area contributed by atoms with Crippen molar-refractivity contribution < 1.29 is 9.45 Å². The lowest BCUT2D eigenvalue weighted by atomic mass is 10.3. The Hall–Kier alpha value is -2.44. The number of rotatable bonds is 4. The number of aromatic nitrogens is 2. The topological polar surface area (TPSA) is 94.1 Å². The normalized spacial score (nSPS) is 10.3.